The highest BCUT2D eigenvalue weighted by Gasteiger charge is 2.33. The molecule has 0 fully saturated rings. The van der Waals surface area contributed by atoms with Gasteiger partial charge < -0.3 is 15.0 Å². The van der Waals surface area contributed by atoms with Crippen LogP contribution in [0.2, 0.25) is 10.0 Å². The van der Waals surface area contributed by atoms with Crippen molar-refractivity contribution in [3.05, 3.63) is 88.2 Å². The monoisotopic (exact) mass is 623 g/mol. The summed E-state index contributed by atoms with van der Waals surface area (Å²) in [5.41, 5.74) is 0.460. The van der Waals surface area contributed by atoms with Crippen LogP contribution in [0.4, 0.5) is 10.1 Å². The number of sulfonamides is 1. The lowest BCUT2D eigenvalue weighted by atomic mass is 10.1. The molecule has 41 heavy (non-hydrogen) atoms. The molecular weight excluding hydrogens is 592 g/mol. The number of nitrogens with zero attached hydrogens (tertiary/aromatic N) is 2. The van der Waals surface area contributed by atoms with Gasteiger partial charge >= 0.3 is 0 Å². The molecule has 0 bridgehead atoms. The summed E-state index contributed by atoms with van der Waals surface area (Å²) < 4.78 is 47.4. The zero-order valence-electron chi connectivity index (χ0n) is 23.1. The van der Waals surface area contributed by atoms with Crippen molar-refractivity contribution in [3.63, 3.8) is 0 Å². The second-order valence-electron chi connectivity index (χ2n) is 9.70. The van der Waals surface area contributed by atoms with Crippen LogP contribution < -0.4 is 14.4 Å². The summed E-state index contributed by atoms with van der Waals surface area (Å²) in [4.78, 5) is 28.1. The van der Waals surface area contributed by atoms with E-state index in [9.17, 15) is 22.4 Å². The summed E-state index contributed by atoms with van der Waals surface area (Å²) in [5.74, 6) is -1.10. The van der Waals surface area contributed by atoms with Crippen molar-refractivity contribution in [1.82, 2.24) is 10.2 Å². The Hall–Kier alpha value is -3.34. The van der Waals surface area contributed by atoms with Gasteiger partial charge in [0, 0.05) is 28.7 Å². The molecule has 0 saturated carbocycles. The SMILES string of the molecule is COc1ccc(S(=O)(=O)N(CC(=O)N(Cc2c(Cl)cccc2Cl)C(C)C(=O)NCC(C)C)c2ccc(F)cc2)cc1. The Bertz CT molecular complexity index is 1450. The minimum absolute atomic E-state index is 0.0585. The van der Waals surface area contributed by atoms with E-state index < -0.39 is 40.2 Å². The van der Waals surface area contributed by atoms with E-state index in [2.05, 4.69) is 5.32 Å². The van der Waals surface area contributed by atoms with Crippen LogP contribution in [0, 0.1) is 11.7 Å². The molecule has 3 aromatic rings. The molecule has 0 radical (unpaired) electrons. The summed E-state index contributed by atoms with van der Waals surface area (Å²) in [5, 5.41) is 3.37. The molecule has 8 nitrogen and oxygen atoms in total. The zero-order chi connectivity index (χ0) is 30.3. The average Bonchev–Trinajstić information content (AvgIpc) is 2.94. The van der Waals surface area contributed by atoms with E-state index >= 15 is 0 Å². The summed E-state index contributed by atoms with van der Waals surface area (Å²) >= 11 is 12.8. The standard InChI is InChI=1S/C29H32Cl2FN3O5S/c1-19(2)16-33-29(37)20(3)34(17-25-26(30)6-5-7-27(25)31)28(36)18-35(22-10-8-21(32)9-11-22)41(38,39)24-14-12-23(40-4)13-15-24/h5-15,19-20H,16-18H2,1-4H3,(H,33,37). The zero-order valence-corrected chi connectivity index (χ0v) is 25.4. The van der Waals surface area contributed by atoms with Crippen molar-refractivity contribution in [1.29, 1.82) is 0 Å². The topological polar surface area (TPSA) is 96.0 Å². The third-order valence-corrected chi connectivity index (χ3v) is 8.78. The van der Waals surface area contributed by atoms with Gasteiger partial charge in [-0.25, -0.2) is 12.8 Å². The number of hydrogen-bond acceptors (Lipinski definition) is 5. The van der Waals surface area contributed by atoms with Gasteiger partial charge in [0.25, 0.3) is 10.0 Å². The number of ether oxygens (including phenoxy) is 1. The van der Waals surface area contributed by atoms with Gasteiger partial charge in [-0.05, 0) is 73.5 Å². The first-order chi connectivity index (χ1) is 19.3. The summed E-state index contributed by atoms with van der Waals surface area (Å²) in [6.07, 6.45) is 0. The normalized spacial score (nSPS) is 12.1. The van der Waals surface area contributed by atoms with Crippen LogP contribution >= 0.6 is 23.2 Å². The lowest BCUT2D eigenvalue weighted by Crippen LogP contribution is -2.51. The molecule has 12 heteroatoms. The Morgan fingerprint density at radius 3 is 2.07 bits per heavy atom. The summed E-state index contributed by atoms with van der Waals surface area (Å²) in [7, 11) is -2.87. The first kappa shape index (κ1) is 32.2. The van der Waals surface area contributed by atoms with Gasteiger partial charge in [0.15, 0.2) is 0 Å². The van der Waals surface area contributed by atoms with Crippen molar-refractivity contribution in [2.45, 2.75) is 38.3 Å². The van der Waals surface area contributed by atoms with E-state index in [0.29, 0.717) is 17.9 Å². The van der Waals surface area contributed by atoms with E-state index in [4.69, 9.17) is 27.9 Å². The predicted octanol–water partition coefficient (Wildman–Crippen LogP) is 5.53. The fraction of sp³-hybridized carbons (Fsp3) is 0.310. The molecule has 0 spiro atoms. The molecule has 0 aliphatic heterocycles. The van der Waals surface area contributed by atoms with Crippen LogP contribution in [0.15, 0.2) is 71.6 Å². The Morgan fingerprint density at radius 2 is 1.54 bits per heavy atom. The summed E-state index contributed by atoms with van der Waals surface area (Å²) in [6, 6.07) is 14.2. The number of carbonyl (C=O) groups excluding carboxylic acids is 2. The number of nitrogens with one attached hydrogen (secondary N) is 1. The van der Waals surface area contributed by atoms with Crippen molar-refractivity contribution in [3.8, 4) is 5.75 Å². The minimum Gasteiger partial charge on any atom is -0.497 e. The summed E-state index contributed by atoms with van der Waals surface area (Å²) in [6.45, 7) is 4.94. The molecule has 0 saturated heterocycles. The minimum atomic E-state index is -4.32. The Labute approximate surface area is 250 Å². The Balaban J connectivity index is 2.05. The quantitative estimate of drug-likeness (QED) is 0.286. The van der Waals surface area contributed by atoms with Gasteiger partial charge in [-0.2, -0.15) is 0 Å². The van der Waals surface area contributed by atoms with Crippen LogP contribution in [0.1, 0.15) is 26.3 Å². The lowest BCUT2D eigenvalue weighted by molar-refractivity contribution is -0.139. The highest BCUT2D eigenvalue weighted by molar-refractivity contribution is 7.92. The van der Waals surface area contributed by atoms with Crippen LogP contribution in [0.3, 0.4) is 0 Å². The highest BCUT2D eigenvalue weighted by atomic mass is 35.5. The molecule has 1 atom stereocenters. The number of halogens is 3. The third-order valence-electron chi connectivity index (χ3n) is 6.28. The maximum absolute atomic E-state index is 13.9. The van der Waals surface area contributed by atoms with Gasteiger partial charge in [-0.15, -0.1) is 0 Å². The van der Waals surface area contributed by atoms with Crippen LogP contribution in [-0.2, 0) is 26.2 Å². The second kappa shape index (κ2) is 14.0. The number of amides is 2. The number of rotatable bonds is 12. The van der Waals surface area contributed by atoms with Gasteiger partial charge in [-0.1, -0.05) is 43.1 Å². The van der Waals surface area contributed by atoms with Crippen molar-refractivity contribution < 1.29 is 27.1 Å². The molecule has 0 heterocycles. The molecule has 220 valence electrons. The first-order valence-electron chi connectivity index (χ1n) is 12.8. The van der Waals surface area contributed by atoms with Crippen LogP contribution in [-0.4, -0.2) is 51.4 Å². The largest absolute Gasteiger partial charge is 0.497 e. The van der Waals surface area contributed by atoms with E-state index in [1.807, 2.05) is 13.8 Å². The molecule has 0 aromatic heterocycles. The Morgan fingerprint density at radius 1 is 0.951 bits per heavy atom. The lowest BCUT2D eigenvalue weighted by Gasteiger charge is -2.32. The van der Waals surface area contributed by atoms with E-state index in [-0.39, 0.29) is 33.1 Å². The number of hydrogen-bond donors (Lipinski definition) is 1. The second-order valence-corrected chi connectivity index (χ2v) is 12.4. The van der Waals surface area contributed by atoms with Gasteiger partial charge in [-0.3, -0.25) is 13.9 Å². The van der Waals surface area contributed by atoms with E-state index in [1.165, 1.54) is 48.4 Å². The molecule has 2 amide bonds. The number of anilines is 1. The number of carbonyl (C=O) groups is 2. The molecule has 0 aliphatic rings. The number of methoxy groups -OCH3 is 1. The molecule has 3 aromatic carbocycles. The van der Waals surface area contributed by atoms with Gasteiger partial charge in [0.2, 0.25) is 11.8 Å². The van der Waals surface area contributed by atoms with E-state index in [0.717, 1.165) is 16.4 Å². The first-order valence-corrected chi connectivity index (χ1v) is 15.0. The molecule has 0 aliphatic carbocycles. The molecule has 3 rings (SSSR count). The van der Waals surface area contributed by atoms with Gasteiger partial charge in [0.05, 0.1) is 17.7 Å². The molecular formula is C29H32Cl2FN3O5S. The average molecular weight is 625 g/mol. The maximum Gasteiger partial charge on any atom is 0.264 e. The molecule has 1 N–H and O–H groups in total. The molecule has 1 unspecified atom stereocenters. The fourth-order valence-electron chi connectivity index (χ4n) is 3.90. The van der Waals surface area contributed by atoms with Crippen LogP contribution in [0.5, 0.6) is 5.75 Å². The van der Waals surface area contributed by atoms with Crippen molar-refractivity contribution in [2.24, 2.45) is 5.92 Å². The van der Waals surface area contributed by atoms with Crippen molar-refractivity contribution in [2.75, 3.05) is 24.5 Å². The fourth-order valence-corrected chi connectivity index (χ4v) is 5.83. The Kier molecular flexibility index (Phi) is 11.0. The smallest absolute Gasteiger partial charge is 0.264 e. The van der Waals surface area contributed by atoms with Crippen molar-refractivity contribution >= 4 is 50.7 Å². The maximum atomic E-state index is 13.9. The third kappa shape index (κ3) is 8.12. The van der Waals surface area contributed by atoms with Crippen LogP contribution in [0.25, 0.3) is 0 Å². The number of benzene rings is 3. The predicted molar refractivity (Wildman–Crippen MR) is 158 cm³/mol. The van der Waals surface area contributed by atoms with Gasteiger partial charge in [0.1, 0.15) is 24.2 Å². The highest BCUT2D eigenvalue weighted by Crippen LogP contribution is 2.29. The van der Waals surface area contributed by atoms with E-state index in [1.54, 1.807) is 25.1 Å².